The molecule has 0 saturated heterocycles. The van der Waals surface area contributed by atoms with Crippen LogP contribution in [0.2, 0.25) is 0 Å². The first-order valence-electron chi connectivity index (χ1n) is 16.7. The molecule has 3 rings (SSSR count). The third-order valence-corrected chi connectivity index (χ3v) is 8.56. The number of fused-ring (bicyclic) bond motifs is 1. The SMILES string of the molecule is CCC(CC)NC(=O)C[C@@H](C(=O)NC[C@@H](O)[C@H](Cc1ccccc1)NC(=O)[C@@H](NC(=O)c1ccc2ccccc2n1)[C@H](C)O)C(C)(C)C. The van der Waals surface area contributed by atoms with Gasteiger partial charge in [0.1, 0.15) is 11.7 Å². The number of para-hydroxylation sites is 1. The lowest BCUT2D eigenvalue weighted by Crippen LogP contribution is -2.58. The minimum absolute atomic E-state index is 0.00601. The zero-order valence-electron chi connectivity index (χ0n) is 28.8. The number of hydrogen-bond acceptors (Lipinski definition) is 7. The number of amides is 4. The number of aliphatic hydroxyl groups is 2. The smallest absolute Gasteiger partial charge is 0.270 e. The molecule has 0 radical (unpaired) electrons. The number of rotatable bonds is 16. The standard InChI is InChI=1S/C37H51N5O6/c1-7-26(8-2)39-32(45)21-27(37(4,5)6)34(46)38-22-31(44)30(20-24-14-10-9-11-15-24)41-36(48)33(23(3)43)42-35(47)29-19-18-25-16-12-13-17-28(25)40-29/h9-19,23,26-27,30-31,33,43-44H,7-8,20-22H2,1-6H3,(H,38,46)(H,39,45)(H,41,48)(H,42,47)/t23-,27-,30-,31+,33-/m0/s1. The molecule has 2 aromatic carbocycles. The number of pyridine rings is 1. The number of benzene rings is 2. The van der Waals surface area contributed by atoms with Gasteiger partial charge in [-0.05, 0) is 49.3 Å². The fourth-order valence-electron chi connectivity index (χ4n) is 5.46. The predicted octanol–water partition coefficient (Wildman–Crippen LogP) is 3.28. The Labute approximate surface area is 283 Å². The highest BCUT2D eigenvalue weighted by Gasteiger charge is 2.35. The van der Waals surface area contributed by atoms with Crippen LogP contribution >= 0.6 is 0 Å². The molecule has 11 nitrogen and oxygen atoms in total. The van der Waals surface area contributed by atoms with Crippen molar-refractivity contribution in [3.8, 4) is 0 Å². The summed E-state index contributed by atoms with van der Waals surface area (Å²) >= 11 is 0. The van der Waals surface area contributed by atoms with Crippen molar-refractivity contribution in [3.63, 3.8) is 0 Å². The lowest BCUT2D eigenvalue weighted by atomic mass is 9.78. The van der Waals surface area contributed by atoms with Crippen LogP contribution in [0.5, 0.6) is 0 Å². The van der Waals surface area contributed by atoms with Crippen molar-refractivity contribution >= 4 is 34.5 Å². The van der Waals surface area contributed by atoms with Crippen LogP contribution in [0.3, 0.4) is 0 Å². The van der Waals surface area contributed by atoms with E-state index in [1.54, 1.807) is 24.3 Å². The zero-order valence-corrected chi connectivity index (χ0v) is 28.8. The summed E-state index contributed by atoms with van der Waals surface area (Å²) in [4.78, 5) is 57.3. The third-order valence-electron chi connectivity index (χ3n) is 8.56. The van der Waals surface area contributed by atoms with Crippen LogP contribution in [0.25, 0.3) is 10.9 Å². The Kier molecular flexibility index (Phi) is 14.1. The van der Waals surface area contributed by atoms with E-state index in [-0.39, 0.29) is 42.9 Å². The molecule has 11 heteroatoms. The quantitative estimate of drug-likeness (QED) is 0.137. The van der Waals surface area contributed by atoms with E-state index in [9.17, 15) is 29.4 Å². The average molecular weight is 662 g/mol. The van der Waals surface area contributed by atoms with Gasteiger partial charge in [0.15, 0.2) is 0 Å². The number of hydrogen-bond donors (Lipinski definition) is 6. The van der Waals surface area contributed by atoms with E-state index in [1.807, 2.05) is 77.1 Å². The van der Waals surface area contributed by atoms with Crippen molar-refractivity contribution < 1.29 is 29.4 Å². The first-order chi connectivity index (χ1) is 22.7. The van der Waals surface area contributed by atoms with Crippen LogP contribution in [0.1, 0.15) is 76.9 Å². The van der Waals surface area contributed by atoms with Crippen LogP contribution in [-0.2, 0) is 20.8 Å². The second-order valence-corrected chi connectivity index (χ2v) is 13.4. The fraction of sp³-hybridized carbons (Fsp3) is 0.486. The largest absolute Gasteiger partial charge is 0.391 e. The Morgan fingerprint density at radius 1 is 0.812 bits per heavy atom. The second-order valence-electron chi connectivity index (χ2n) is 13.4. The van der Waals surface area contributed by atoms with Gasteiger partial charge in [0.25, 0.3) is 5.91 Å². The molecule has 0 unspecified atom stereocenters. The van der Waals surface area contributed by atoms with Crippen molar-refractivity contribution in [2.75, 3.05) is 6.54 Å². The number of carbonyl (C=O) groups excluding carboxylic acids is 4. The molecular weight excluding hydrogens is 610 g/mol. The molecule has 4 amide bonds. The molecule has 0 spiro atoms. The normalized spacial score (nSPS) is 14.8. The summed E-state index contributed by atoms with van der Waals surface area (Å²) in [5, 5.41) is 33.8. The Morgan fingerprint density at radius 3 is 2.08 bits per heavy atom. The number of aliphatic hydroxyl groups excluding tert-OH is 2. The maximum atomic E-state index is 13.6. The first kappa shape index (κ1) is 38.1. The highest BCUT2D eigenvalue weighted by molar-refractivity contribution is 5.98. The molecule has 0 aliphatic rings. The van der Waals surface area contributed by atoms with Crippen molar-refractivity contribution in [2.24, 2.45) is 11.3 Å². The van der Waals surface area contributed by atoms with E-state index >= 15 is 0 Å². The lowest BCUT2D eigenvalue weighted by Gasteiger charge is -2.31. The molecule has 1 aromatic heterocycles. The Hall–Kier alpha value is -4.35. The van der Waals surface area contributed by atoms with E-state index in [0.29, 0.717) is 5.52 Å². The minimum atomic E-state index is -1.36. The summed E-state index contributed by atoms with van der Waals surface area (Å²) < 4.78 is 0. The number of aromatic nitrogens is 1. The molecule has 48 heavy (non-hydrogen) atoms. The summed E-state index contributed by atoms with van der Waals surface area (Å²) in [6, 6.07) is 17.6. The molecule has 1 heterocycles. The zero-order chi connectivity index (χ0) is 35.4. The van der Waals surface area contributed by atoms with Gasteiger partial charge in [-0.15, -0.1) is 0 Å². The van der Waals surface area contributed by atoms with Gasteiger partial charge >= 0.3 is 0 Å². The van der Waals surface area contributed by atoms with Gasteiger partial charge in [0.2, 0.25) is 17.7 Å². The summed E-state index contributed by atoms with van der Waals surface area (Å²) in [7, 11) is 0. The topological polar surface area (TPSA) is 170 Å². The number of nitrogens with zero attached hydrogens (tertiary/aromatic N) is 1. The van der Waals surface area contributed by atoms with E-state index in [2.05, 4.69) is 26.3 Å². The number of carbonyl (C=O) groups is 4. The van der Waals surface area contributed by atoms with Crippen LogP contribution < -0.4 is 21.3 Å². The maximum absolute atomic E-state index is 13.6. The van der Waals surface area contributed by atoms with Crippen molar-refractivity contribution in [1.29, 1.82) is 0 Å². The Bertz CT molecular complexity index is 1520. The molecular formula is C37H51N5O6. The van der Waals surface area contributed by atoms with Gasteiger partial charge < -0.3 is 31.5 Å². The van der Waals surface area contributed by atoms with Crippen LogP contribution in [0.4, 0.5) is 0 Å². The maximum Gasteiger partial charge on any atom is 0.270 e. The fourth-order valence-corrected chi connectivity index (χ4v) is 5.46. The minimum Gasteiger partial charge on any atom is -0.391 e. The molecule has 0 fully saturated rings. The van der Waals surface area contributed by atoms with Crippen molar-refractivity contribution in [1.82, 2.24) is 26.3 Å². The third kappa shape index (κ3) is 11.1. The van der Waals surface area contributed by atoms with E-state index < -0.39 is 47.4 Å². The number of nitrogens with one attached hydrogen (secondary N) is 4. The van der Waals surface area contributed by atoms with Gasteiger partial charge in [-0.25, -0.2) is 4.98 Å². The summed E-state index contributed by atoms with van der Waals surface area (Å²) in [6.45, 7) is 10.8. The van der Waals surface area contributed by atoms with Gasteiger partial charge in [0, 0.05) is 24.4 Å². The van der Waals surface area contributed by atoms with Crippen molar-refractivity contribution in [3.05, 3.63) is 78.0 Å². The molecule has 0 bridgehead atoms. The monoisotopic (exact) mass is 661 g/mol. The molecule has 0 saturated carbocycles. The van der Waals surface area contributed by atoms with Gasteiger partial charge in [-0.3, -0.25) is 19.2 Å². The molecule has 3 aromatic rings. The predicted molar refractivity (Wildman–Crippen MR) is 186 cm³/mol. The molecule has 0 aliphatic heterocycles. The molecule has 6 N–H and O–H groups in total. The lowest BCUT2D eigenvalue weighted by molar-refractivity contribution is -0.134. The Morgan fingerprint density at radius 2 is 1.46 bits per heavy atom. The van der Waals surface area contributed by atoms with E-state index in [0.717, 1.165) is 23.8 Å². The van der Waals surface area contributed by atoms with Gasteiger partial charge in [-0.2, -0.15) is 0 Å². The highest BCUT2D eigenvalue weighted by atomic mass is 16.3. The first-order valence-corrected chi connectivity index (χ1v) is 16.7. The van der Waals surface area contributed by atoms with E-state index in [1.165, 1.54) is 6.92 Å². The van der Waals surface area contributed by atoms with Crippen LogP contribution in [-0.4, -0.2) is 75.7 Å². The molecule has 5 atom stereocenters. The second kappa shape index (κ2) is 17.7. The molecule has 0 aliphatic carbocycles. The van der Waals surface area contributed by atoms with E-state index in [4.69, 9.17) is 0 Å². The summed E-state index contributed by atoms with van der Waals surface area (Å²) in [5.74, 6) is -2.62. The van der Waals surface area contributed by atoms with Crippen LogP contribution in [0.15, 0.2) is 66.7 Å². The summed E-state index contributed by atoms with van der Waals surface area (Å²) in [6.07, 6.45) is -0.748. The highest BCUT2D eigenvalue weighted by Crippen LogP contribution is 2.29. The van der Waals surface area contributed by atoms with Crippen LogP contribution in [0, 0.1) is 11.3 Å². The summed E-state index contributed by atoms with van der Waals surface area (Å²) in [5.41, 5.74) is 0.965. The van der Waals surface area contributed by atoms with Crippen molar-refractivity contribution in [2.45, 2.75) is 97.6 Å². The average Bonchev–Trinajstić information content (AvgIpc) is 3.06. The van der Waals surface area contributed by atoms with Gasteiger partial charge in [0.05, 0.1) is 29.7 Å². The Balaban J connectivity index is 1.74. The van der Waals surface area contributed by atoms with Gasteiger partial charge in [-0.1, -0.05) is 89.2 Å². The molecule has 260 valence electrons.